The Bertz CT molecular complexity index is 593. The number of aliphatic imine (C=N–C) groups is 1. The first-order chi connectivity index (χ1) is 8.56. The first-order valence-electron chi connectivity index (χ1n) is 5.35. The number of benzene rings is 2. The van der Waals surface area contributed by atoms with Crippen LogP contribution in [0.15, 0.2) is 41.4 Å². The summed E-state index contributed by atoms with van der Waals surface area (Å²) in [7, 11) is 0. The summed E-state index contributed by atoms with van der Waals surface area (Å²) in [5.74, 6) is -0.316. The average molecular weight is 264 g/mol. The normalized spacial score (nSPS) is 11.1. The van der Waals surface area contributed by atoms with Gasteiger partial charge in [0, 0.05) is 11.8 Å². The van der Waals surface area contributed by atoms with E-state index in [2.05, 4.69) is 4.99 Å². The molecule has 2 aromatic carbocycles. The molecule has 0 saturated heterocycles. The zero-order valence-electron chi connectivity index (χ0n) is 9.69. The van der Waals surface area contributed by atoms with E-state index in [1.54, 1.807) is 24.3 Å². The Kier molecular flexibility index (Phi) is 3.63. The van der Waals surface area contributed by atoms with E-state index in [4.69, 9.17) is 11.6 Å². The second-order valence-corrected chi connectivity index (χ2v) is 4.33. The summed E-state index contributed by atoms with van der Waals surface area (Å²) in [6.45, 7) is 1.88. The van der Waals surface area contributed by atoms with Crippen molar-refractivity contribution in [1.29, 1.82) is 0 Å². The predicted molar refractivity (Wildman–Crippen MR) is 71.5 cm³/mol. The van der Waals surface area contributed by atoms with Crippen molar-refractivity contribution >= 4 is 23.5 Å². The van der Waals surface area contributed by atoms with Crippen molar-refractivity contribution < 1.29 is 9.50 Å². The lowest BCUT2D eigenvalue weighted by Crippen LogP contribution is -1.85. The van der Waals surface area contributed by atoms with Gasteiger partial charge in [0.1, 0.15) is 11.6 Å². The minimum atomic E-state index is -0.310. The van der Waals surface area contributed by atoms with E-state index < -0.39 is 0 Å². The van der Waals surface area contributed by atoms with Gasteiger partial charge in [-0.25, -0.2) is 4.39 Å². The third-order valence-electron chi connectivity index (χ3n) is 2.42. The van der Waals surface area contributed by atoms with Gasteiger partial charge in [-0.2, -0.15) is 0 Å². The molecule has 18 heavy (non-hydrogen) atoms. The molecule has 0 aliphatic rings. The summed E-state index contributed by atoms with van der Waals surface area (Å²) in [6, 6.07) is 9.21. The lowest BCUT2D eigenvalue weighted by molar-refractivity contribution is 0.474. The van der Waals surface area contributed by atoms with E-state index in [1.165, 1.54) is 18.3 Å². The Morgan fingerprint density at radius 1 is 1.22 bits per heavy atom. The highest BCUT2D eigenvalue weighted by Crippen LogP contribution is 2.28. The highest BCUT2D eigenvalue weighted by Gasteiger charge is 2.04. The molecule has 0 heterocycles. The standard InChI is InChI=1S/C14H11ClFNO/c1-9-6-10(14(18)13(15)7-9)8-17-12-4-2-11(16)3-5-12/h2-8,18H,1H3/b17-8+. The Morgan fingerprint density at radius 3 is 2.56 bits per heavy atom. The number of aryl methyl sites for hydroxylation is 1. The van der Waals surface area contributed by atoms with Gasteiger partial charge in [-0.05, 0) is 48.9 Å². The molecule has 1 N–H and O–H groups in total. The van der Waals surface area contributed by atoms with Crippen LogP contribution in [-0.4, -0.2) is 11.3 Å². The zero-order chi connectivity index (χ0) is 13.1. The van der Waals surface area contributed by atoms with E-state index >= 15 is 0 Å². The Morgan fingerprint density at radius 2 is 1.89 bits per heavy atom. The van der Waals surface area contributed by atoms with Gasteiger partial charge in [0.25, 0.3) is 0 Å². The predicted octanol–water partition coefficient (Wildman–Crippen LogP) is 4.24. The molecule has 0 saturated carbocycles. The maximum Gasteiger partial charge on any atom is 0.142 e. The molecule has 0 unspecified atom stereocenters. The molecule has 2 nitrogen and oxygen atoms in total. The van der Waals surface area contributed by atoms with Gasteiger partial charge in [0.2, 0.25) is 0 Å². The smallest absolute Gasteiger partial charge is 0.142 e. The van der Waals surface area contributed by atoms with Gasteiger partial charge < -0.3 is 5.11 Å². The Balaban J connectivity index is 2.31. The number of halogens is 2. The van der Waals surface area contributed by atoms with Crippen molar-refractivity contribution in [2.24, 2.45) is 4.99 Å². The summed E-state index contributed by atoms with van der Waals surface area (Å²) in [5.41, 5.74) is 2.07. The van der Waals surface area contributed by atoms with Crippen LogP contribution < -0.4 is 0 Å². The summed E-state index contributed by atoms with van der Waals surface area (Å²) < 4.78 is 12.7. The third kappa shape index (κ3) is 2.87. The van der Waals surface area contributed by atoms with Crippen LogP contribution in [0.25, 0.3) is 0 Å². The number of phenolic OH excluding ortho intramolecular Hbond substituents is 1. The highest BCUT2D eigenvalue weighted by atomic mass is 35.5. The molecule has 0 atom stereocenters. The zero-order valence-corrected chi connectivity index (χ0v) is 10.4. The molecule has 0 spiro atoms. The maximum absolute atomic E-state index is 12.7. The van der Waals surface area contributed by atoms with Gasteiger partial charge in [-0.1, -0.05) is 11.6 Å². The number of hydrogen-bond donors (Lipinski definition) is 1. The molecule has 0 fully saturated rings. The van der Waals surface area contributed by atoms with E-state index in [9.17, 15) is 9.50 Å². The number of aromatic hydroxyl groups is 1. The first kappa shape index (κ1) is 12.6. The molecule has 0 aliphatic carbocycles. The summed E-state index contributed by atoms with van der Waals surface area (Å²) in [5, 5.41) is 10.0. The molecule has 0 radical (unpaired) electrons. The van der Waals surface area contributed by atoms with Gasteiger partial charge in [-0.15, -0.1) is 0 Å². The number of phenols is 1. The van der Waals surface area contributed by atoms with Crippen molar-refractivity contribution in [3.05, 3.63) is 58.4 Å². The number of nitrogens with zero attached hydrogens (tertiary/aromatic N) is 1. The monoisotopic (exact) mass is 263 g/mol. The number of hydrogen-bond acceptors (Lipinski definition) is 2. The van der Waals surface area contributed by atoms with Crippen LogP contribution in [0.1, 0.15) is 11.1 Å². The summed E-state index contributed by atoms with van der Waals surface area (Å²) in [6.07, 6.45) is 1.50. The van der Waals surface area contributed by atoms with Crippen LogP contribution in [0.2, 0.25) is 5.02 Å². The minimum absolute atomic E-state index is 0.00636. The molecule has 0 aliphatic heterocycles. The fourth-order valence-electron chi connectivity index (χ4n) is 1.53. The van der Waals surface area contributed by atoms with Crippen LogP contribution >= 0.6 is 11.6 Å². The minimum Gasteiger partial charge on any atom is -0.506 e. The SMILES string of the molecule is Cc1cc(Cl)c(O)c(/C=N/c2ccc(F)cc2)c1. The second-order valence-electron chi connectivity index (χ2n) is 3.92. The molecule has 0 aromatic heterocycles. The maximum atomic E-state index is 12.7. The lowest BCUT2D eigenvalue weighted by Gasteiger charge is -2.03. The van der Waals surface area contributed by atoms with E-state index in [1.807, 2.05) is 6.92 Å². The fourth-order valence-corrected chi connectivity index (χ4v) is 1.81. The van der Waals surface area contributed by atoms with E-state index in [0.29, 0.717) is 11.3 Å². The Labute approximate surface area is 109 Å². The quantitative estimate of drug-likeness (QED) is 0.808. The van der Waals surface area contributed by atoms with Crippen molar-refractivity contribution in [3.63, 3.8) is 0 Å². The largest absolute Gasteiger partial charge is 0.506 e. The molecule has 2 rings (SSSR count). The van der Waals surface area contributed by atoms with Crippen molar-refractivity contribution in [3.8, 4) is 5.75 Å². The van der Waals surface area contributed by atoms with Crippen LogP contribution in [-0.2, 0) is 0 Å². The first-order valence-corrected chi connectivity index (χ1v) is 5.73. The van der Waals surface area contributed by atoms with Gasteiger partial charge in [0.15, 0.2) is 0 Å². The van der Waals surface area contributed by atoms with E-state index in [-0.39, 0.29) is 16.6 Å². The molecule has 2 aromatic rings. The van der Waals surface area contributed by atoms with Gasteiger partial charge >= 0.3 is 0 Å². The van der Waals surface area contributed by atoms with Crippen LogP contribution in [0.4, 0.5) is 10.1 Å². The van der Waals surface area contributed by atoms with Crippen molar-refractivity contribution in [2.45, 2.75) is 6.92 Å². The lowest BCUT2D eigenvalue weighted by atomic mass is 10.1. The molecule has 0 amide bonds. The van der Waals surface area contributed by atoms with Gasteiger partial charge in [0.05, 0.1) is 10.7 Å². The molecule has 92 valence electrons. The number of rotatable bonds is 2. The van der Waals surface area contributed by atoms with Crippen LogP contribution in [0.5, 0.6) is 5.75 Å². The summed E-state index contributed by atoms with van der Waals surface area (Å²) >= 11 is 5.86. The van der Waals surface area contributed by atoms with E-state index in [0.717, 1.165) is 5.56 Å². The molecular weight excluding hydrogens is 253 g/mol. The summed E-state index contributed by atoms with van der Waals surface area (Å²) in [4.78, 5) is 4.15. The Hall–Kier alpha value is -1.87. The second kappa shape index (κ2) is 5.19. The van der Waals surface area contributed by atoms with Crippen LogP contribution in [0.3, 0.4) is 0 Å². The average Bonchev–Trinajstić information content (AvgIpc) is 2.34. The third-order valence-corrected chi connectivity index (χ3v) is 2.70. The van der Waals surface area contributed by atoms with Crippen molar-refractivity contribution in [2.75, 3.05) is 0 Å². The molecular formula is C14H11ClFNO. The fraction of sp³-hybridized carbons (Fsp3) is 0.0714. The van der Waals surface area contributed by atoms with Crippen molar-refractivity contribution in [1.82, 2.24) is 0 Å². The topological polar surface area (TPSA) is 32.6 Å². The van der Waals surface area contributed by atoms with Crippen LogP contribution in [0, 0.1) is 12.7 Å². The highest BCUT2D eigenvalue weighted by molar-refractivity contribution is 6.32. The molecule has 0 bridgehead atoms. The van der Waals surface area contributed by atoms with Gasteiger partial charge in [-0.3, -0.25) is 4.99 Å². The molecule has 4 heteroatoms.